The van der Waals surface area contributed by atoms with E-state index in [-0.39, 0.29) is 5.78 Å². The van der Waals surface area contributed by atoms with Crippen LogP contribution in [0.4, 0.5) is 0 Å². The highest BCUT2D eigenvalue weighted by molar-refractivity contribution is 7.09. The van der Waals surface area contributed by atoms with Crippen LogP contribution in [0.3, 0.4) is 0 Å². The van der Waals surface area contributed by atoms with Gasteiger partial charge in [0.25, 0.3) is 0 Å². The van der Waals surface area contributed by atoms with Crippen LogP contribution in [0.2, 0.25) is 0 Å². The Hall–Kier alpha value is -1.68. The van der Waals surface area contributed by atoms with Crippen molar-refractivity contribution in [2.75, 3.05) is 7.11 Å². The van der Waals surface area contributed by atoms with Crippen LogP contribution in [0.5, 0.6) is 5.75 Å². The number of carbonyl (C=O) groups excluding carboxylic acids is 1. The van der Waals surface area contributed by atoms with E-state index in [1.54, 1.807) is 7.11 Å². The van der Waals surface area contributed by atoms with Crippen LogP contribution in [-0.2, 0) is 6.42 Å². The van der Waals surface area contributed by atoms with E-state index in [2.05, 4.69) is 4.98 Å². The van der Waals surface area contributed by atoms with Gasteiger partial charge in [0.1, 0.15) is 10.8 Å². The quantitative estimate of drug-likeness (QED) is 0.793. The number of thiazole rings is 1. The number of hydrogen-bond acceptors (Lipinski definition) is 4. The molecular weight excluding hydrogens is 246 g/mol. The van der Waals surface area contributed by atoms with E-state index in [0.29, 0.717) is 6.42 Å². The Morgan fingerprint density at radius 3 is 2.72 bits per heavy atom. The van der Waals surface area contributed by atoms with Crippen molar-refractivity contribution in [2.24, 2.45) is 0 Å². The van der Waals surface area contributed by atoms with Crippen LogP contribution >= 0.6 is 11.3 Å². The van der Waals surface area contributed by atoms with Gasteiger partial charge < -0.3 is 4.74 Å². The second-order valence-electron chi connectivity index (χ2n) is 4.16. The summed E-state index contributed by atoms with van der Waals surface area (Å²) in [5, 5.41) is 2.83. The number of rotatable bonds is 4. The van der Waals surface area contributed by atoms with Crippen LogP contribution in [0.15, 0.2) is 23.6 Å². The summed E-state index contributed by atoms with van der Waals surface area (Å²) >= 11 is 1.53. The second-order valence-corrected chi connectivity index (χ2v) is 5.11. The van der Waals surface area contributed by atoms with Gasteiger partial charge in [-0.05, 0) is 37.6 Å². The zero-order chi connectivity index (χ0) is 13.1. The predicted octanol–water partition coefficient (Wildman–Crippen LogP) is 3.19. The van der Waals surface area contributed by atoms with Gasteiger partial charge in [0, 0.05) is 16.6 Å². The lowest BCUT2D eigenvalue weighted by Gasteiger charge is -2.06. The van der Waals surface area contributed by atoms with Crippen LogP contribution < -0.4 is 4.74 Å². The fraction of sp³-hybridized carbons (Fsp3) is 0.286. The summed E-state index contributed by atoms with van der Waals surface area (Å²) < 4.78 is 5.13. The number of aromatic nitrogens is 1. The molecule has 0 aliphatic heterocycles. The van der Waals surface area contributed by atoms with Crippen molar-refractivity contribution >= 4 is 17.1 Å². The molecule has 2 aromatic rings. The summed E-state index contributed by atoms with van der Waals surface area (Å²) in [7, 11) is 1.62. The van der Waals surface area contributed by atoms with E-state index >= 15 is 0 Å². The Bertz CT molecular complexity index is 575. The molecule has 0 radical (unpaired) electrons. The summed E-state index contributed by atoms with van der Waals surface area (Å²) in [6.45, 7) is 3.85. The molecule has 3 nitrogen and oxygen atoms in total. The van der Waals surface area contributed by atoms with Crippen molar-refractivity contribution in [3.05, 3.63) is 45.4 Å². The molecule has 0 fully saturated rings. The number of hydrogen-bond donors (Lipinski definition) is 0. The maximum absolute atomic E-state index is 12.2. The number of methoxy groups -OCH3 is 1. The standard InChI is InChI=1S/C14H15NO2S/c1-9-6-11(17-3)4-5-12(9)13(16)7-14-15-10(2)8-18-14/h4-6,8H,7H2,1-3H3. The Kier molecular flexibility index (Phi) is 3.77. The van der Waals surface area contributed by atoms with Crippen LogP contribution in [0.25, 0.3) is 0 Å². The topological polar surface area (TPSA) is 39.2 Å². The molecule has 0 saturated carbocycles. The van der Waals surface area contributed by atoms with E-state index in [0.717, 1.165) is 27.6 Å². The first-order valence-electron chi connectivity index (χ1n) is 5.69. The van der Waals surface area contributed by atoms with Crippen molar-refractivity contribution in [3.8, 4) is 5.75 Å². The fourth-order valence-corrected chi connectivity index (χ4v) is 2.56. The molecule has 4 heteroatoms. The predicted molar refractivity (Wildman–Crippen MR) is 72.6 cm³/mol. The van der Waals surface area contributed by atoms with Gasteiger partial charge in [0.2, 0.25) is 0 Å². The first-order chi connectivity index (χ1) is 8.60. The highest BCUT2D eigenvalue weighted by atomic mass is 32.1. The minimum absolute atomic E-state index is 0.101. The summed E-state index contributed by atoms with van der Waals surface area (Å²) in [4.78, 5) is 16.5. The molecule has 0 atom stereocenters. The van der Waals surface area contributed by atoms with Crippen LogP contribution in [0.1, 0.15) is 26.6 Å². The van der Waals surface area contributed by atoms with Crippen molar-refractivity contribution in [3.63, 3.8) is 0 Å². The van der Waals surface area contributed by atoms with E-state index in [9.17, 15) is 4.79 Å². The van der Waals surface area contributed by atoms with E-state index in [4.69, 9.17) is 4.74 Å². The summed E-state index contributed by atoms with van der Waals surface area (Å²) in [5.74, 6) is 0.874. The molecule has 1 heterocycles. The Balaban J connectivity index is 2.18. The summed E-state index contributed by atoms with van der Waals surface area (Å²) in [5.41, 5.74) is 2.64. The van der Waals surface area contributed by atoms with E-state index in [1.165, 1.54) is 11.3 Å². The average Bonchev–Trinajstić information content (AvgIpc) is 2.74. The summed E-state index contributed by atoms with van der Waals surface area (Å²) in [6.07, 6.45) is 0.367. The number of benzene rings is 1. The number of ether oxygens (including phenoxy) is 1. The van der Waals surface area contributed by atoms with Gasteiger partial charge in [-0.1, -0.05) is 0 Å². The molecule has 0 aliphatic rings. The zero-order valence-corrected chi connectivity index (χ0v) is 11.5. The Morgan fingerprint density at radius 1 is 1.39 bits per heavy atom. The number of ketones is 1. The minimum Gasteiger partial charge on any atom is -0.497 e. The van der Waals surface area contributed by atoms with Gasteiger partial charge in [-0.15, -0.1) is 11.3 Å². The highest BCUT2D eigenvalue weighted by Crippen LogP contribution is 2.19. The molecule has 0 saturated heterocycles. The van der Waals surface area contributed by atoms with Crippen molar-refractivity contribution in [1.82, 2.24) is 4.98 Å². The van der Waals surface area contributed by atoms with Crippen molar-refractivity contribution in [2.45, 2.75) is 20.3 Å². The maximum atomic E-state index is 12.2. The molecule has 0 unspecified atom stereocenters. The number of aryl methyl sites for hydroxylation is 2. The summed E-state index contributed by atoms with van der Waals surface area (Å²) in [6, 6.07) is 5.50. The molecule has 0 bridgehead atoms. The van der Waals surface area contributed by atoms with Gasteiger partial charge >= 0.3 is 0 Å². The third-order valence-corrected chi connectivity index (χ3v) is 3.68. The normalized spacial score (nSPS) is 10.4. The third-order valence-electron chi connectivity index (χ3n) is 2.71. The molecule has 0 N–H and O–H groups in total. The molecule has 2 rings (SSSR count). The van der Waals surface area contributed by atoms with Gasteiger partial charge in [-0.2, -0.15) is 0 Å². The molecule has 94 valence electrons. The highest BCUT2D eigenvalue weighted by Gasteiger charge is 2.12. The van der Waals surface area contributed by atoms with Crippen LogP contribution in [0, 0.1) is 13.8 Å². The maximum Gasteiger partial charge on any atom is 0.169 e. The monoisotopic (exact) mass is 261 g/mol. The Morgan fingerprint density at radius 2 is 2.17 bits per heavy atom. The molecule has 0 spiro atoms. The number of nitrogens with zero attached hydrogens (tertiary/aromatic N) is 1. The van der Waals surface area contributed by atoms with Gasteiger partial charge in [0.15, 0.2) is 5.78 Å². The smallest absolute Gasteiger partial charge is 0.169 e. The van der Waals surface area contributed by atoms with Gasteiger partial charge in [-0.3, -0.25) is 4.79 Å². The molecule has 1 aromatic heterocycles. The first kappa shape index (κ1) is 12.8. The zero-order valence-electron chi connectivity index (χ0n) is 10.7. The lowest BCUT2D eigenvalue weighted by Crippen LogP contribution is -2.05. The fourth-order valence-electron chi connectivity index (χ4n) is 1.79. The van der Waals surface area contributed by atoms with Gasteiger partial charge in [0.05, 0.1) is 13.5 Å². The first-order valence-corrected chi connectivity index (χ1v) is 6.57. The van der Waals surface area contributed by atoms with E-state index in [1.807, 2.05) is 37.4 Å². The van der Waals surface area contributed by atoms with E-state index < -0.39 is 0 Å². The Labute approximate surface area is 110 Å². The average molecular weight is 261 g/mol. The lowest BCUT2D eigenvalue weighted by molar-refractivity contribution is 0.0992. The minimum atomic E-state index is 0.101. The SMILES string of the molecule is COc1ccc(C(=O)Cc2nc(C)cs2)c(C)c1. The van der Waals surface area contributed by atoms with Crippen molar-refractivity contribution < 1.29 is 9.53 Å². The number of carbonyl (C=O) groups is 1. The largest absolute Gasteiger partial charge is 0.497 e. The van der Waals surface area contributed by atoms with Crippen LogP contribution in [-0.4, -0.2) is 17.9 Å². The molecule has 0 aliphatic carbocycles. The second kappa shape index (κ2) is 5.31. The van der Waals surface area contributed by atoms with Crippen molar-refractivity contribution in [1.29, 1.82) is 0 Å². The molecular formula is C14H15NO2S. The number of Topliss-reactive ketones (excluding diaryl/α,β-unsaturated/α-hetero) is 1. The van der Waals surface area contributed by atoms with Gasteiger partial charge in [-0.25, -0.2) is 4.98 Å². The third kappa shape index (κ3) is 2.76. The lowest BCUT2D eigenvalue weighted by atomic mass is 10.0. The molecule has 0 amide bonds. The molecule has 18 heavy (non-hydrogen) atoms. The molecule has 1 aromatic carbocycles.